The third-order valence-corrected chi connectivity index (χ3v) is 3.91. The second kappa shape index (κ2) is 5.70. The van der Waals surface area contributed by atoms with E-state index in [0.29, 0.717) is 11.5 Å². The highest BCUT2D eigenvalue weighted by Crippen LogP contribution is 2.20. The molecule has 1 unspecified atom stereocenters. The number of carbonyl (C=O) groups is 1. The Balaban J connectivity index is 2.02. The van der Waals surface area contributed by atoms with E-state index in [2.05, 4.69) is 17.6 Å². The van der Waals surface area contributed by atoms with E-state index in [-0.39, 0.29) is 23.7 Å². The van der Waals surface area contributed by atoms with Gasteiger partial charge in [0.2, 0.25) is 5.91 Å². The van der Waals surface area contributed by atoms with E-state index in [0.717, 1.165) is 18.7 Å². The molecule has 0 aliphatic carbocycles. The molecule has 1 aliphatic rings. The Morgan fingerprint density at radius 1 is 1.47 bits per heavy atom. The monoisotopic (exact) mass is 264 g/mol. The van der Waals surface area contributed by atoms with Gasteiger partial charge in [0.05, 0.1) is 12.0 Å². The Bertz CT molecular complexity index is 475. The molecule has 2 rings (SSSR count). The van der Waals surface area contributed by atoms with Crippen LogP contribution in [-0.4, -0.2) is 19.0 Å². The molecule has 3 nitrogen and oxygen atoms in total. The van der Waals surface area contributed by atoms with Crippen LogP contribution < -0.4 is 10.6 Å². The summed E-state index contributed by atoms with van der Waals surface area (Å²) in [6.07, 6.45) is 0. The van der Waals surface area contributed by atoms with Gasteiger partial charge in [-0.25, -0.2) is 4.39 Å². The zero-order valence-electron chi connectivity index (χ0n) is 11.7. The molecule has 19 heavy (non-hydrogen) atoms. The summed E-state index contributed by atoms with van der Waals surface area (Å²) in [5.74, 6) is 0.181. The average molecular weight is 264 g/mol. The van der Waals surface area contributed by atoms with E-state index < -0.39 is 0 Å². The Hall–Kier alpha value is -1.42. The Morgan fingerprint density at radius 2 is 2.21 bits per heavy atom. The number of rotatable bonds is 3. The molecule has 4 heteroatoms. The van der Waals surface area contributed by atoms with E-state index in [1.165, 1.54) is 6.07 Å². The Kier molecular flexibility index (Phi) is 4.20. The van der Waals surface area contributed by atoms with Crippen LogP contribution in [-0.2, 0) is 4.79 Å². The van der Waals surface area contributed by atoms with Crippen molar-refractivity contribution in [3.8, 4) is 0 Å². The zero-order chi connectivity index (χ0) is 14.0. The number of carbonyl (C=O) groups excluding carboxylic acids is 1. The maximum Gasteiger partial charge on any atom is 0.225 e. The van der Waals surface area contributed by atoms with Crippen LogP contribution >= 0.6 is 0 Å². The zero-order valence-corrected chi connectivity index (χ0v) is 11.7. The van der Waals surface area contributed by atoms with Crippen LogP contribution in [0.25, 0.3) is 0 Å². The van der Waals surface area contributed by atoms with Crippen molar-refractivity contribution in [1.82, 2.24) is 10.6 Å². The predicted octanol–water partition coefficient (Wildman–Crippen LogP) is 2.17. The SMILES string of the molecule is Cc1ccc(C(C)NC(=O)[C@@H]2CNC[C@H]2C)cc1F. The van der Waals surface area contributed by atoms with E-state index >= 15 is 0 Å². The quantitative estimate of drug-likeness (QED) is 0.878. The van der Waals surface area contributed by atoms with Crippen molar-refractivity contribution in [2.24, 2.45) is 11.8 Å². The molecule has 0 saturated carbocycles. The summed E-state index contributed by atoms with van der Waals surface area (Å²) in [6.45, 7) is 7.29. The molecule has 0 bridgehead atoms. The highest BCUT2D eigenvalue weighted by Gasteiger charge is 2.30. The third kappa shape index (κ3) is 3.13. The number of halogens is 1. The molecule has 1 fully saturated rings. The van der Waals surface area contributed by atoms with Crippen LogP contribution in [0.4, 0.5) is 4.39 Å². The summed E-state index contributed by atoms with van der Waals surface area (Å²) < 4.78 is 13.5. The minimum atomic E-state index is -0.227. The molecule has 1 aromatic carbocycles. The van der Waals surface area contributed by atoms with E-state index in [9.17, 15) is 9.18 Å². The van der Waals surface area contributed by atoms with Gasteiger partial charge in [0, 0.05) is 6.54 Å². The van der Waals surface area contributed by atoms with Gasteiger partial charge in [-0.05, 0) is 43.5 Å². The molecule has 0 aromatic heterocycles. The van der Waals surface area contributed by atoms with Gasteiger partial charge in [-0.2, -0.15) is 0 Å². The molecular formula is C15H21FN2O. The average Bonchev–Trinajstić information content (AvgIpc) is 2.79. The predicted molar refractivity (Wildman–Crippen MR) is 73.2 cm³/mol. The first-order chi connectivity index (χ1) is 8.99. The van der Waals surface area contributed by atoms with Gasteiger partial charge in [0.15, 0.2) is 0 Å². The molecule has 0 spiro atoms. The number of hydrogen-bond acceptors (Lipinski definition) is 2. The highest BCUT2D eigenvalue weighted by atomic mass is 19.1. The van der Waals surface area contributed by atoms with Gasteiger partial charge in [-0.15, -0.1) is 0 Å². The molecule has 3 atom stereocenters. The van der Waals surface area contributed by atoms with Crippen LogP contribution in [0.15, 0.2) is 18.2 Å². The number of aryl methyl sites for hydroxylation is 1. The van der Waals surface area contributed by atoms with Gasteiger partial charge in [0.25, 0.3) is 0 Å². The number of benzene rings is 1. The van der Waals surface area contributed by atoms with Crippen LogP contribution in [0.3, 0.4) is 0 Å². The minimum Gasteiger partial charge on any atom is -0.349 e. The summed E-state index contributed by atoms with van der Waals surface area (Å²) in [4.78, 5) is 12.1. The van der Waals surface area contributed by atoms with E-state index in [4.69, 9.17) is 0 Å². The van der Waals surface area contributed by atoms with Gasteiger partial charge < -0.3 is 10.6 Å². The summed E-state index contributed by atoms with van der Waals surface area (Å²) in [5.41, 5.74) is 1.42. The Labute approximate surface area is 113 Å². The molecule has 1 saturated heterocycles. The van der Waals surface area contributed by atoms with Crippen LogP contribution in [0.2, 0.25) is 0 Å². The summed E-state index contributed by atoms with van der Waals surface area (Å²) in [7, 11) is 0. The van der Waals surface area contributed by atoms with Gasteiger partial charge in [-0.3, -0.25) is 4.79 Å². The van der Waals surface area contributed by atoms with Crippen molar-refractivity contribution in [3.63, 3.8) is 0 Å². The van der Waals surface area contributed by atoms with Crippen LogP contribution in [0.5, 0.6) is 0 Å². The molecule has 1 aliphatic heterocycles. The van der Waals surface area contributed by atoms with Crippen molar-refractivity contribution >= 4 is 5.91 Å². The normalized spacial score (nSPS) is 24.2. The molecule has 1 amide bonds. The number of nitrogens with one attached hydrogen (secondary N) is 2. The molecule has 1 aromatic rings. The second-order valence-corrected chi connectivity index (χ2v) is 5.48. The van der Waals surface area contributed by atoms with Gasteiger partial charge >= 0.3 is 0 Å². The molecule has 2 N–H and O–H groups in total. The lowest BCUT2D eigenvalue weighted by Crippen LogP contribution is -2.36. The maximum absolute atomic E-state index is 13.5. The Morgan fingerprint density at radius 3 is 2.79 bits per heavy atom. The van der Waals surface area contributed by atoms with Crippen molar-refractivity contribution in [3.05, 3.63) is 35.1 Å². The van der Waals surface area contributed by atoms with Crippen molar-refractivity contribution in [1.29, 1.82) is 0 Å². The van der Waals surface area contributed by atoms with Crippen LogP contribution in [0.1, 0.15) is 31.0 Å². The molecule has 0 radical (unpaired) electrons. The van der Waals surface area contributed by atoms with Crippen LogP contribution in [0, 0.1) is 24.6 Å². The minimum absolute atomic E-state index is 0.0118. The molecular weight excluding hydrogens is 243 g/mol. The van der Waals surface area contributed by atoms with E-state index in [1.807, 2.05) is 13.0 Å². The fraction of sp³-hybridized carbons (Fsp3) is 0.533. The lowest BCUT2D eigenvalue weighted by molar-refractivity contribution is -0.126. The summed E-state index contributed by atoms with van der Waals surface area (Å²) in [6, 6.07) is 4.93. The first-order valence-electron chi connectivity index (χ1n) is 6.76. The lowest BCUT2D eigenvalue weighted by Gasteiger charge is -2.19. The number of amides is 1. The third-order valence-electron chi connectivity index (χ3n) is 3.91. The van der Waals surface area contributed by atoms with Gasteiger partial charge in [-0.1, -0.05) is 19.1 Å². The fourth-order valence-corrected chi connectivity index (χ4v) is 2.44. The van der Waals surface area contributed by atoms with Gasteiger partial charge in [0.1, 0.15) is 5.82 Å². The maximum atomic E-state index is 13.5. The molecule has 104 valence electrons. The van der Waals surface area contributed by atoms with E-state index in [1.54, 1.807) is 13.0 Å². The summed E-state index contributed by atoms with van der Waals surface area (Å²) in [5, 5.41) is 6.18. The molecule has 1 heterocycles. The first-order valence-corrected chi connectivity index (χ1v) is 6.76. The standard InChI is InChI=1S/C15H21FN2O/c1-9-4-5-12(6-14(9)16)11(3)18-15(19)13-8-17-7-10(13)2/h4-6,10-11,13,17H,7-8H2,1-3H3,(H,18,19)/t10-,11?,13-/m1/s1. The lowest BCUT2D eigenvalue weighted by atomic mass is 9.96. The van der Waals surface area contributed by atoms with Crippen molar-refractivity contribution in [2.45, 2.75) is 26.8 Å². The number of hydrogen-bond donors (Lipinski definition) is 2. The second-order valence-electron chi connectivity index (χ2n) is 5.48. The topological polar surface area (TPSA) is 41.1 Å². The highest BCUT2D eigenvalue weighted by molar-refractivity contribution is 5.80. The summed E-state index contributed by atoms with van der Waals surface area (Å²) >= 11 is 0. The fourth-order valence-electron chi connectivity index (χ4n) is 2.44. The smallest absolute Gasteiger partial charge is 0.225 e. The largest absolute Gasteiger partial charge is 0.349 e. The first kappa shape index (κ1) is 14.0. The van der Waals surface area contributed by atoms with Crippen molar-refractivity contribution in [2.75, 3.05) is 13.1 Å². The van der Waals surface area contributed by atoms with Crippen molar-refractivity contribution < 1.29 is 9.18 Å².